The molecule has 3 rings (SSSR count). The summed E-state index contributed by atoms with van der Waals surface area (Å²) in [4.78, 5) is 36.2. The van der Waals surface area contributed by atoms with Gasteiger partial charge in [-0.3, -0.25) is 25.0 Å². The fourth-order valence-corrected chi connectivity index (χ4v) is 3.70. The molecule has 2 aromatic carbocycles. The zero-order valence-electron chi connectivity index (χ0n) is 16.6. The van der Waals surface area contributed by atoms with Crippen LogP contribution in [0.15, 0.2) is 30.3 Å². The molecule has 1 amide bonds. The molecule has 10 heteroatoms. The van der Waals surface area contributed by atoms with E-state index in [4.69, 9.17) is 11.6 Å². The number of hydrogen-bond donors (Lipinski definition) is 1. The SMILES string of the molecule is Cc1cc([N+](=O)[O-])c(Cl)cc1NC(=O)c1ccc(N2CCC(C)CC2)c([N+](=O)[O-])c1. The fraction of sp³-hybridized carbons (Fsp3) is 0.350. The van der Waals surface area contributed by atoms with Gasteiger partial charge in [-0.05, 0) is 49.4 Å². The Kier molecular flexibility index (Phi) is 6.21. The summed E-state index contributed by atoms with van der Waals surface area (Å²) in [6, 6.07) is 6.95. The van der Waals surface area contributed by atoms with E-state index in [0.717, 1.165) is 25.9 Å². The normalized spacial score (nSPS) is 14.4. The van der Waals surface area contributed by atoms with Crippen molar-refractivity contribution >= 4 is 40.3 Å². The molecule has 0 saturated carbocycles. The number of amides is 1. The molecule has 1 saturated heterocycles. The summed E-state index contributed by atoms with van der Waals surface area (Å²) in [6.45, 7) is 5.22. The van der Waals surface area contributed by atoms with Crippen LogP contribution in [0.1, 0.15) is 35.7 Å². The summed E-state index contributed by atoms with van der Waals surface area (Å²) < 4.78 is 0. The van der Waals surface area contributed by atoms with Crippen molar-refractivity contribution in [2.45, 2.75) is 26.7 Å². The molecule has 158 valence electrons. The largest absolute Gasteiger partial charge is 0.366 e. The molecule has 0 radical (unpaired) electrons. The Hall–Kier alpha value is -3.20. The lowest BCUT2D eigenvalue weighted by Gasteiger charge is -2.31. The van der Waals surface area contributed by atoms with Crippen LogP contribution in [0, 0.1) is 33.1 Å². The van der Waals surface area contributed by atoms with Crippen LogP contribution in [-0.4, -0.2) is 28.8 Å². The van der Waals surface area contributed by atoms with Gasteiger partial charge in [0.15, 0.2) is 0 Å². The van der Waals surface area contributed by atoms with E-state index in [1.54, 1.807) is 13.0 Å². The molecule has 2 aromatic rings. The summed E-state index contributed by atoms with van der Waals surface area (Å²) >= 11 is 5.92. The lowest BCUT2D eigenvalue weighted by Crippen LogP contribution is -2.33. The third-order valence-electron chi connectivity index (χ3n) is 5.30. The lowest BCUT2D eigenvalue weighted by molar-refractivity contribution is -0.384. The zero-order chi connectivity index (χ0) is 22.0. The number of nitro groups is 2. The highest BCUT2D eigenvalue weighted by Gasteiger charge is 2.25. The van der Waals surface area contributed by atoms with E-state index >= 15 is 0 Å². The average molecular weight is 433 g/mol. The predicted molar refractivity (Wildman–Crippen MR) is 115 cm³/mol. The summed E-state index contributed by atoms with van der Waals surface area (Å²) in [7, 11) is 0. The van der Waals surface area contributed by atoms with Gasteiger partial charge in [0.2, 0.25) is 0 Å². The molecular weight excluding hydrogens is 412 g/mol. The number of benzene rings is 2. The molecule has 0 aromatic heterocycles. The molecule has 30 heavy (non-hydrogen) atoms. The smallest absolute Gasteiger partial charge is 0.293 e. The summed E-state index contributed by atoms with van der Waals surface area (Å²) in [5.74, 6) is 0.0204. The minimum atomic E-state index is -0.607. The van der Waals surface area contributed by atoms with Crippen molar-refractivity contribution in [3.8, 4) is 0 Å². The predicted octanol–water partition coefficient (Wildman–Crippen LogP) is 4.95. The molecule has 0 aliphatic carbocycles. The van der Waals surface area contributed by atoms with E-state index in [2.05, 4.69) is 12.2 Å². The molecule has 9 nitrogen and oxygen atoms in total. The molecule has 0 spiro atoms. The number of anilines is 2. The first-order valence-corrected chi connectivity index (χ1v) is 9.84. The molecule has 1 N–H and O–H groups in total. The highest BCUT2D eigenvalue weighted by Crippen LogP contribution is 2.34. The van der Waals surface area contributed by atoms with Gasteiger partial charge in [-0.1, -0.05) is 18.5 Å². The molecule has 1 heterocycles. The molecule has 0 atom stereocenters. The number of rotatable bonds is 5. The monoisotopic (exact) mass is 432 g/mol. The second-order valence-electron chi connectivity index (χ2n) is 7.46. The van der Waals surface area contributed by atoms with Gasteiger partial charge in [0.25, 0.3) is 17.3 Å². The maximum absolute atomic E-state index is 12.7. The lowest BCUT2D eigenvalue weighted by atomic mass is 9.98. The molecule has 1 aliphatic heterocycles. The van der Waals surface area contributed by atoms with Crippen LogP contribution in [0.25, 0.3) is 0 Å². The number of nitrogens with zero attached hydrogens (tertiary/aromatic N) is 3. The van der Waals surface area contributed by atoms with Gasteiger partial charge in [-0.25, -0.2) is 0 Å². The number of nitro benzene ring substituents is 2. The number of aryl methyl sites for hydroxylation is 1. The van der Waals surface area contributed by atoms with Crippen molar-refractivity contribution in [2.24, 2.45) is 5.92 Å². The zero-order valence-corrected chi connectivity index (χ0v) is 17.3. The Balaban J connectivity index is 1.86. The number of halogens is 1. The van der Waals surface area contributed by atoms with Crippen LogP contribution < -0.4 is 10.2 Å². The standard InChI is InChI=1S/C20H21ClN4O5/c1-12-5-7-23(8-6-12)17-4-3-14(10-19(17)25(29)30)20(26)22-16-11-15(21)18(24(27)28)9-13(16)2/h3-4,9-12H,5-8H2,1-2H3,(H,22,26). The van der Waals surface area contributed by atoms with Crippen molar-refractivity contribution in [2.75, 3.05) is 23.3 Å². The topological polar surface area (TPSA) is 119 Å². The Morgan fingerprint density at radius 2 is 1.73 bits per heavy atom. The van der Waals surface area contributed by atoms with Gasteiger partial charge in [0, 0.05) is 36.5 Å². The first kappa shape index (κ1) is 21.5. The maximum atomic E-state index is 12.7. The summed E-state index contributed by atoms with van der Waals surface area (Å²) in [5, 5.41) is 25.1. The number of hydrogen-bond acceptors (Lipinski definition) is 6. The number of piperidine rings is 1. The van der Waals surface area contributed by atoms with Crippen molar-refractivity contribution in [1.29, 1.82) is 0 Å². The van der Waals surface area contributed by atoms with E-state index in [9.17, 15) is 25.0 Å². The van der Waals surface area contributed by atoms with Crippen molar-refractivity contribution in [3.05, 3.63) is 66.7 Å². The van der Waals surface area contributed by atoms with Gasteiger partial charge in [0.1, 0.15) is 10.7 Å². The first-order valence-electron chi connectivity index (χ1n) is 9.46. The van der Waals surface area contributed by atoms with Crippen LogP contribution in [0.5, 0.6) is 0 Å². The van der Waals surface area contributed by atoms with Crippen LogP contribution in [0.2, 0.25) is 5.02 Å². The quantitative estimate of drug-likeness (QED) is 0.527. The Morgan fingerprint density at radius 3 is 2.33 bits per heavy atom. The Bertz CT molecular complexity index is 1020. The summed E-state index contributed by atoms with van der Waals surface area (Å²) in [6.07, 6.45) is 1.92. The van der Waals surface area contributed by atoms with Crippen LogP contribution >= 0.6 is 11.6 Å². The van der Waals surface area contributed by atoms with Gasteiger partial charge in [-0.2, -0.15) is 0 Å². The Labute approximate surface area is 177 Å². The third-order valence-corrected chi connectivity index (χ3v) is 5.60. The van der Waals surface area contributed by atoms with E-state index in [0.29, 0.717) is 22.9 Å². The van der Waals surface area contributed by atoms with E-state index < -0.39 is 15.8 Å². The van der Waals surface area contributed by atoms with Crippen molar-refractivity contribution in [3.63, 3.8) is 0 Å². The number of nitrogens with one attached hydrogen (secondary N) is 1. The second kappa shape index (κ2) is 8.66. The van der Waals surface area contributed by atoms with E-state index in [-0.39, 0.29) is 22.0 Å². The fourth-order valence-electron chi connectivity index (χ4n) is 3.46. The first-order chi connectivity index (χ1) is 14.2. The van der Waals surface area contributed by atoms with Gasteiger partial charge in [-0.15, -0.1) is 0 Å². The van der Waals surface area contributed by atoms with Crippen LogP contribution in [0.4, 0.5) is 22.7 Å². The van der Waals surface area contributed by atoms with E-state index in [1.165, 1.54) is 24.3 Å². The summed E-state index contributed by atoms with van der Waals surface area (Å²) in [5.41, 5.74) is 0.974. The highest BCUT2D eigenvalue weighted by molar-refractivity contribution is 6.33. The van der Waals surface area contributed by atoms with Crippen LogP contribution in [-0.2, 0) is 0 Å². The molecule has 1 aliphatic rings. The average Bonchev–Trinajstić information content (AvgIpc) is 2.70. The highest BCUT2D eigenvalue weighted by atomic mass is 35.5. The number of carbonyl (C=O) groups is 1. The van der Waals surface area contributed by atoms with Gasteiger partial charge >= 0.3 is 0 Å². The third kappa shape index (κ3) is 4.51. The molecule has 0 unspecified atom stereocenters. The Morgan fingerprint density at radius 1 is 1.10 bits per heavy atom. The minimum Gasteiger partial charge on any atom is -0.366 e. The minimum absolute atomic E-state index is 0.110. The number of carbonyl (C=O) groups excluding carboxylic acids is 1. The maximum Gasteiger partial charge on any atom is 0.293 e. The second-order valence-corrected chi connectivity index (χ2v) is 7.87. The molecule has 1 fully saturated rings. The van der Waals surface area contributed by atoms with Gasteiger partial charge < -0.3 is 10.2 Å². The van der Waals surface area contributed by atoms with Crippen LogP contribution in [0.3, 0.4) is 0 Å². The molecular formula is C20H21ClN4O5. The molecule has 0 bridgehead atoms. The van der Waals surface area contributed by atoms with Gasteiger partial charge in [0.05, 0.1) is 9.85 Å². The van der Waals surface area contributed by atoms with E-state index in [1.807, 2.05) is 4.90 Å². The van der Waals surface area contributed by atoms with Crippen molar-refractivity contribution < 1.29 is 14.6 Å². The van der Waals surface area contributed by atoms with Crippen molar-refractivity contribution in [1.82, 2.24) is 0 Å².